The highest BCUT2D eigenvalue weighted by atomic mass is 19.4. The van der Waals surface area contributed by atoms with E-state index in [1.54, 1.807) is 0 Å². The van der Waals surface area contributed by atoms with Gasteiger partial charge in [0.2, 0.25) is 0 Å². The summed E-state index contributed by atoms with van der Waals surface area (Å²) in [6.45, 7) is 6.73. The highest BCUT2D eigenvalue weighted by Gasteiger charge is 2.56. The zero-order valence-electron chi connectivity index (χ0n) is 10.5. The lowest BCUT2D eigenvalue weighted by molar-refractivity contribution is -0.307. The fourth-order valence-corrected chi connectivity index (χ4v) is 1.58. The molecule has 0 aromatic carbocycles. The molecule has 0 saturated heterocycles. The zero-order valence-corrected chi connectivity index (χ0v) is 10.5. The lowest BCUT2D eigenvalue weighted by Crippen LogP contribution is -2.51. The topological polar surface area (TPSA) is 18.5 Å². The van der Waals surface area contributed by atoms with Gasteiger partial charge in [-0.25, -0.2) is 4.39 Å². The second kappa shape index (κ2) is 6.89. The van der Waals surface area contributed by atoms with Crippen LogP contribution in [0.2, 0.25) is 0 Å². The molecule has 0 rings (SSSR count). The van der Waals surface area contributed by atoms with E-state index < -0.39 is 36.7 Å². The van der Waals surface area contributed by atoms with Crippen LogP contribution in [0.1, 0.15) is 19.8 Å². The molecule has 18 heavy (non-hydrogen) atoms. The van der Waals surface area contributed by atoms with Gasteiger partial charge in [0.15, 0.2) is 5.60 Å². The fourth-order valence-electron chi connectivity index (χ4n) is 1.58. The highest BCUT2D eigenvalue weighted by Crippen LogP contribution is 2.43. The predicted octanol–water partition coefficient (Wildman–Crippen LogP) is 3.99. The molecule has 0 saturated carbocycles. The number of hydrogen-bond acceptors (Lipinski definition) is 2. The van der Waals surface area contributed by atoms with Crippen LogP contribution in [0.3, 0.4) is 0 Å². The summed E-state index contributed by atoms with van der Waals surface area (Å²) in [5.74, 6) is -1.96. The molecule has 2 unspecified atom stereocenters. The SMILES string of the molecule is C=CCC(CC(=C)F)C(C)(OCOC)C(F)(F)F. The molecule has 2 nitrogen and oxygen atoms in total. The van der Waals surface area contributed by atoms with Gasteiger partial charge in [-0.05, 0) is 13.3 Å². The number of halogens is 4. The van der Waals surface area contributed by atoms with Crippen molar-refractivity contribution in [3.05, 3.63) is 25.1 Å². The summed E-state index contributed by atoms with van der Waals surface area (Å²) in [5.41, 5.74) is -2.51. The van der Waals surface area contributed by atoms with Crippen molar-refractivity contribution in [3.8, 4) is 0 Å². The van der Waals surface area contributed by atoms with Gasteiger partial charge >= 0.3 is 6.18 Å². The number of ether oxygens (including phenoxy) is 2. The Labute approximate surface area is 104 Å². The van der Waals surface area contributed by atoms with Gasteiger partial charge in [-0.15, -0.1) is 6.58 Å². The summed E-state index contributed by atoms with van der Waals surface area (Å²) in [4.78, 5) is 0. The minimum atomic E-state index is -4.64. The van der Waals surface area contributed by atoms with Crippen LogP contribution >= 0.6 is 0 Å². The Morgan fingerprint density at radius 2 is 1.94 bits per heavy atom. The smallest absolute Gasteiger partial charge is 0.359 e. The molecule has 0 radical (unpaired) electrons. The Bertz CT molecular complexity index is 288. The van der Waals surface area contributed by atoms with E-state index in [2.05, 4.69) is 17.9 Å². The van der Waals surface area contributed by atoms with Gasteiger partial charge in [-0.2, -0.15) is 13.2 Å². The van der Waals surface area contributed by atoms with E-state index in [1.165, 1.54) is 13.2 Å². The summed E-state index contributed by atoms with van der Waals surface area (Å²) in [5, 5.41) is 0. The number of alkyl halides is 3. The van der Waals surface area contributed by atoms with Gasteiger partial charge < -0.3 is 9.47 Å². The van der Waals surface area contributed by atoms with Crippen molar-refractivity contribution in [3.63, 3.8) is 0 Å². The van der Waals surface area contributed by atoms with E-state index in [1.807, 2.05) is 0 Å². The lowest BCUT2D eigenvalue weighted by Gasteiger charge is -2.38. The summed E-state index contributed by atoms with van der Waals surface area (Å²) < 4.78 is 61.3. The standard InChI is InChI=1S/C12H18F4O2/c1-5-6-10(7-9(2)13)11(3,12(14,15)16)18-8-17-4/h5,10H,1-2,6-8H2,3-4H3. The molecule has 0 amide bonds. The Hall–Kier alpha value is -0.880. The number of allylic oxidation sites excluding steroid dienone is 2. The maximum atomic E-state index is 13.1. The molecule has 106 valence electrons. The van der Waals surface area contributed by atoms with Crippen LogP contribution < -0.4 is 0 Å². The maximum absolute atomic E-state index is 13.1. The number of rotatable bonds is 8. The van der Waals surface area contributed by atoms with E-state index in [4.69, 9.17) is 4.74 Å². The summed E-state index contributed by atoms with van der Waals surface area (Å²) in [6.07, 6.45) is -3.82. The van der Waals surface area contributed by atoms with Crippen molar-refractivity contribution in [1.82, 2.24) is 0 Å². The number of methoxy groups -OCH3 is 1. The van der Waals surface area contributed by atoms with E-state index in [9.17, 15) is 17.6 Å². The molecule has 0 spiro atoms. The van der Waals surface area contributed by atoms with E-state index in [0.717, 1.165) is 6.92 Å². The second-order valence-electron chi connectivity index (χ2n) is 4.10. The monoisotopic (exact) mass is 270 g/mol. The lowest BCUT2D eigenvalue weighted by atomic mass is 9.82. The molecule has 0 aliphatic carbocycles. The van der Waals surface area contributed by atoms with Crippen molar-refractivity contribution in [2.45, 2.75) is 31.5 Å². The Balaban J connectivity index is 5.20. The first kappa shape index (κ1) is 17.1. The average molecular weight is 270 g/mol. The van der Waals surface area contributed by atoms with Gasteiger partial charge in [-0.3, -0.25) is 0 Å². The molecule has 2 atom stereocenters. The summed E-state index contributed by atoms with van der Waals surface area (Å²) in [7, 11) is 1.22. The molecule has 0 aromatic heterocycles. The third-order valence-corrected chi connectivity index (χ3v) is 2.74. The van der Waals surface area contributed by atoms with E-state index >= 15 is 0 Å². The predicted molar refractivity (Wildman–Crippen MR) is 60.6 cm³/mol. The van der Waals surface area contributed by atoms with Gasteiger partial charge in [0, 0.05) is 19.4 Å². The molecule has 0 bridgehead atoms. The third kappa shape index (κ3) is 4.42. The molecule has 0 aliphatic heterocycles. The first-order chi connectivity index (χ1) is 8.19. The largest absolute Gasteiger partial charge is 0.417 e. The number of hydrogen-bond donors (Lipinski definition) is 0. The van der Waals surface area contributed by atoms with Crippen molar-refractivity contribution in [2.24, 2.45) is 5.92 Å². The zero-order chi connectivity index (χ0) is 14.4. The fraction of sp³-hybridized carbons (Fsp3) is 0.667. The molecular weight excluding hydrogens is 252 g/mol. The van der Waals surface area contributed by atoms with Crippen molar-refractivity contribution in [2.75, 3.05) is 13.9 Å². The van der Waals surface area contributed by atoms with Gasteiger partial charge in [-0.1, -0.05) is 12.7 Å². The molecule has 0 aromatic rings. The Kier molecular flexibility index (Phi) is 6.56. The molecular formula is C12H18F4O2. The Morgan fingerprint density at radius 1 is 1.39 bits per heavy atom. The van der Waals surface area contributed by atoms with Crippen LogP contribution in [-0.4, -0.2) is 25.7 Å². The van der Waals surface area contributed by atoms with Crippen LogP contribution in [0, 0.1) is 5.92 Å². The molecule has 0 N–H and O–H groups in total. The second-order valence-corrected chi connectivity index (χ2v) is 4.10. The van der Waals surface area contributed by atoms with E-state index in [-0.39, 0.29) is 6.42 Å². The van der Waals surface area contributed by atoms with Crippen molar-refractivity contribution in [1.29, 1.82) is 0 Å². The van der Waals surface area contributed by atoms with E-state index in [0.29, 0.717) is 0 Å². The van der Waals surface area contributed by atoms with Gasteiger partial charge in [0.05, 0.1) is 5.83 Å². The molecule has 0 fully saturated rings. The molecule has 0 heterocycles. The molecule has 0 aliphatic rings. The first-order valence-corrected chi connectivity index (χ1v) is 5.32. The maximum Gasteiger partial charge on any atom is 0.417 e. The third-order valence-electron chi connectivity index (χ3n) is 2.74. The summed E-state index contributed by atoms with van der Waals surface area (Å²) >= 11 is 0. The van der Waals surface area contributed by atoms with Crippen molar-refractivity contribution >= 4 is 0 Å². The van der Waals surface area contributed by atoms with Crippen molar-refractivity contribution < 1.29 is 27.0 Å². The van der Waals surface area contributed by atoms with Crippen LogP contribution in [-0.2, 0) is 9.47 Å². The quantitative estimate of drug-likeness (QED) is 0.377. The first-order valence-electron chi connectivity index (χ1n) is 5.32. The van der Waals surface area contributed by atoms with Crippen LogP contribution in [0.5, 0.6) is 0 Å². The van der Waals surface area contributed by atoms with Crippen LogP contribution in [0.15, 0.2) is 25.1 Å². The summed E-state index contributed by atoms with van der Waals surface area (Å²) in [6, 6.07) is 0. The van der Waals surface area contributed by atoms with Crippen LogP contribution in [0.25, 0.3) is 0 Å². The average Bonchev–Trinajstić information content (AvgIpc) is 2.23. The normalized spacial score (nSPS) is 17.0. The van der Waals surface area contributed by atoms with Crippen LogP contribution in [0.4, 0.5) is 17.6 Å². The minimum absolute atomic E-state index is 0.0390. The molecule has 6 heteroatoms. The minimum Gasteiger partial charge on any atom is -0.359 e. The Morgan fingerprint density at radius 3 is 2.28 bits per heavy atom. The van der Waals surface area contributed by atoms with Gasteiger partial charge in [0.25, 0.3) is 0 Å². The van der Waals surface area contributed by atoms with Gasteiger partial charge in [0.1, 0.15) is 6.79 Å². The highest BCUT2D eigenvalue weighted by molar-refractivity contribution is 4.99.